The summed E-state index contributed by atoms with van der Waals surface area (Å²) in [5.74, 6) is -1.25. The van der Waals surface area contributed by atoms with Crippen LogP contribution in [0.3, 0.4) is 0 Å². The highest BCUT2D eigenvalue weighted by Crippen LogP contribution is 2.34. The monoisotopic (exact) mass is 442 g/mol. The Morgan fingerprint density at radius 3 is 2.59 bits per heavy atom. The Morgan fingerprint density at radius 2 is 1.93 bits per heavy atom. The summed E-state index contributed by atoms with van der Waals surface area (Å²) in [6, 6.07) is 14.1. The molecule has 1 aliphatic rings. The van der Waals surface area contributed by atoms with Gasteiger partial charge in [0.05, 0.1) is 16.2 Å². The Morgan fingerprint density at radius 1 is 1.22 bits per heavy atom. The number of halogens is 1. The maximum Gasteiger partial charge on any atom is 0.337 e. The van der Waals surface area contributed by atoms with Crippen LogP contribution in [0.25, 0.3) is 6.08 Å². The van der Waals surface area contributed by atoms with Gasteiger partial charge < -0.3 is 5.11 Å². The fourth-order valence-corrected chi connectivity index (χ4v) is 3.71. The molecule has 0 aromatic heterocycles. The van der Waals surface area contributed by atoms with E-state index in [1.165, 1.54) is 22.7 Å². The molecule has 1 heterocycles. The normalized spacial score (nSPS) is 16.9. The average molecular weight is 443 g/mol. The number of aromatic carboxylic acids is 1. The average Bonchev–Trinajstić information content (AvgIpc) is 2.93. The molecule has 27 heavy (non-hydrogen) atoms. The van der Waals surface area contributed by atoms with Gasteiger partial charge in [-0.1, -0.05) is 46.3 Å². The SMILES string of the molecule is C=CCN1C(=O)/C(=C/c2ccc(Br)cc2)SC1=Nc1ccccc1C(=O)O. The van der Waals surface area contributed by atoms with Crippen LogP contribution in [-0.4, -0.2) is 33.6 Å². The number of amides is 1. The van der Waals surface area contributed by atoms with Crippen LogP contribution in [0.2, 0.25) is 0 Å². The molecule has 2 aromatic rings. The molecule has 0 bridgehead atoms. The highest BCUT2D eigenvalue weighted by atomic mass is 79.9. The third kappa shape index (κ3) is 4.37. The van der Waals surface area contributed by atoms with E-state index in [9.17, 15) is 14.7 Å². The Hall–Kier alpha value is -2.64. The van der Waals surface area contributed by atoms with E-state index < -0.39 is 5.97 Å². The number of carbonyl (C=O) groups excluding carboxylic acids is 1. The van der Waals surface area contributed by atoms with Gasteiger partial charge in [-0.25, -0.2) is 9.79 Å². The number of hydrogen-bond acceptors (Lipinski definition) is 4. The van der Waals surface area contributed by atoms with Gasteiger partial charge in [0.15, 0.2) is 5.17 Å². The number of rotatable bonds is 5. The second-order valence-corrected chi connectivity index (χ2v) is 7.51. The molecule has 0 aliphatic carbocycles. The van der Waals surface area contributed by atoms with Crippen LogP contribution in [0.5, 0.6) is 0 Å². The Bertz CT molecular complexity index is 967. The number of carbonyl (C=O) groups is 2. The van der Waals surface area contributed by atoms with Crippen molar-refractivity contribution in [2.75, 3.05) is 6.54 Å². The molecule has 1 amide bonds. The van der Waals surface area contributed by atoms with Crippen molar-refractivity contribution in [1.82, 2.24) is 4.90 Å². The molecule has 3 rings (SSSR count). The lowest BCUT2D eigenvalue weighted by Gasteiger charge is -2.13. The first-order valence-corrected chi connectivity index (χ1v) is 9.59. The van der Waals surface area contributed by atoms with E-state index in [2.05, 4.69) is 27.5 Å². The van der Waals surface area contributed by atoms with Gasteiger partial charge in [0.1, 0.15) is 0 Å². The molecule has 1 aliphatic heterocycles. The van der Waals surface area contributed by atoms with Crippen molar-refractivity contribution in [3.63, 3.8) is 0 Å². The molecule has 136 valence electrons. The van der Waals surface area contributed by atoms with Crippen LogP contribution in [0, 0.1) is 0 Å². The van der Waals surface area contributed by atoms with E-state index in [1.54, 1.807) is 30.4 Å². The van der Waals surface area contributed by atoms with E-state index in [0.717, 1.165) is 10.0 Å². The minimum Gasteiger partial charge on any atom is -0.478 e. The molecule has 1 saturated heterocycles. The molecule has 2 aromatic carbocycles. The third-order valence-corrected chi connectivity index (χ3v) is 5.25. The van der Waals surface area contributed by atoms with Crippen LogP contribution >= 0.6 is 27.7 Å². The molecule has 0 atom stereocenters. The lowest BCUT2D eigenvalue weighted by molar-refractivity contribution is -0.121. The minimum absolute atomic E-state index is 0.0851. The van der Waals surface area contributed by atoms with E-state index in [0.29, 0.717) is 15.8 Å². The standard InChI is InChI=1S/C20H15BrN2O3S/c1-2-11-23-18(24)17(12-13-7-9-14(21)10-8-13)27-20(23)22-16-6-4-3-5-15(16)19(25)26/h2-10,12H,1,11H2,(H,25,26)/b17-12-,22-20?. The van der Waals surface area contributed by atoms with Crippen LogP contribution < -0.4 is 0 Å². The van der Waals surface area contributed by atoms with Crippen molar-refractivity contribution in [3.05, 3.63) is 81.7 Å². The maximum absolute atomic E-state index is 12.8. The fourth-order valence-electron chi connectivity index (χ4n) is 2.45. The quantitative estimate of drug-likeness (QED) is 0.525. The summed E-state index contributed by atoms with van der Waals surface area (Å²) in [7, 11) is 0. The smallest absolute Gasteiger partial charge is 0.337 e. The number of para-hydroxylation sites is 1. The topological polar surface area (TPSA) is 70.0 Å². The molecule has 5 nitrogen and oxygen atoms in total. The highest BCUT2D eigenvalue weighted by molar-refractivity contribution is 9.10. The van der Waals surface area contributed by atoms with Crippen molar-refractivity contribution in [3.8, 4) is 0 Å². The van der Waals surface area contributed by atoms with Crippen LogP contribution in [0.4, 0.5) is 5.69 Å². The van der Waals surface area contributed by atoms with Gasteiger partial charge in [-0.15, -0.1) is 6.58 Å². The number of hydrogen-bond donors (Lipinski definition) is 1. The van der Waals surface area contributed by atoms with Crippen molar-refractivity contribution in [1.29, 1.82) is 0 Å². The summed E-state index contributed by atoms with van der Waals surface area (Å²) < 4.78 is 0.955. The van der Waals surface area contributed by atoms with E-state index in [1.807, 2.05) is 24.3 Å². The molecule has 0 radical (unpaired) electrons. The van der Waals surface area contributed by atoms with E-state index in [-0.39, 0.29) is 18.0 Å². The van der Waals surface area contributed by atoms with Gasteiger partial charge >= 0.3 is 5.97 Å². The van der Waals surface area contributed by atoms with E-state index in [4.69, 9.17) is 0 Å². The van der Waals surface area contributed by atoms with Crippen LogP contribution in [0.15, 0.2) is 75.6 Å². The Balaban J connectivity index is 2.00. The van der Waals surface area contributed by atoms with E-state index >= 15 is 0 Å². The first-order valence-electron chi connectivity index (χ1n) is 7.98. The van der Waals surface area contributed by atoms with Crippen molar-refractivity contribution in [2.24, 2.45) is 4.99 Å². The first kappa shape index (κ1) is 19.1. The zero-order valence-corrected chi connectivity index (χ0v) is 16.5. The number of thioether (sulfide) groups is 1. The number of amidine groups is 1. The van der Waals surface area contributed by atoms with Gasteiger partial charge in [0.25, 0.3) is 5.91 Å². The molecular formula is C20H15BrN2O3S. The molecule has 1 N–H and O–H groups in total. The summed E-state index contributed by atoms with van der Waals surface area (Å²) in [5.41, 5.74) is 1.28. The number of aliphatic imine (C=N–C) groups is 1. The summed E-state index contributed by atoms with van der Waals surface area (Å²) >= 11 is 4.60. The maximum atomic E-state index is 12.8. The van der Waals surface area contributed by atoms with Gasteiger partial charge in [0, 0.05) is 11.0 Å². The predicted molar refractivity (Wildman–Crippen MR) is 112 cm³/mol. The second-order valence-electron chi connectivity index (χ2n) is 5.58. The molecular weight excluding hydrogens is 428 g/mol. The van der Waals surface area contributed by atoms with Crippen molar-refractivity contribution < 1.29 is 14.7 Å². The molecule has 7 heteroatoms. The number of nitrogens with zero attached hydrogens (tertiary/aromatic N) is 2. The van der Waals surface area contributed by atoms with Gasteiger partial charge in [-0.2, -0.15) is 0 Å². The fraction of sp³-hybridized carbons (Fsp3) is 0.0500. The zero-order valence-electron chi connectivity index (χ0n) is 14.1. The Labute approximate surface area is 169 Å². The molecule has 0 unspecified atom stereocenters. The number of benzene rings is 2. The lowest BCUT2D eigenvalue weighted by atomic mass is 10.2. The molecule has 0 saturated carbocycles. The van der Waals surface area contributed by atoms with Crippen molar-refractivity contribution in [2.45, 2.75) is 0 Å². The van der Waals surface area contributed by atoms with Crippen LogP contribution in [-0.2, 0) is 4.79 Å². The largest absolute Gasteiger partial charge is 0.478 e. The predicted octanol–water partition coefficient (Wildman–Crippen LogP) is 4.94. The number of carboxylic acid groups (broad SMARTS) is 1. The summed E-state index contributed by atoms with van der Waals surface area (Å²) in [4.78, 5) is 30.6. The van der Waals surface area contributed by atoms with Gasteiger partial charge in [0.2, 0.25) is 0 Å². The summed E-state index contributed by atoms with van der Waals surface area (Å²) in [6.45, 7) is 3.98. The first-order chi connectivity index (χ1) is 13.0. The van der Waals surface area contributed by atoms with Gasteiger partial charge in [-0.3, -0.25) is 9.69 Å². The third-order valence-electron chi connectivity index (χ3n) is 3.72. The molecule has 0 spiro atoms. The summed E-state index contributed by atoms with van der Waals surface area (Å²) in [5, 5.41) is 9.77. The lowest BCUT2D eigenvalue weighted by Crippen LogP contribution is -2.29. The second kappa shape index (κ2) is 8.37. The van der Waals surface area contributed by atoms with Crippen LogP contribution in [0.1, 0.15) is 15.9 Å². The molecule has 1 fully saturated rings. The highest BCUT2D eigenvalue weighted by Gasteiger charge is 2.32. The number of carboxylic acids is 1. The minimum atomic E-state index is -1.06. The zero-order chi connectivity index (χ0) is 19.4. The van der Waals surface area contributed by atoms with Crippen molar-refractivity contribution >= 4 is 56.5 Å². The summed E-state index contributed by atoms with van der Waals surface area (Å²) in [6.07, 6.45) is 3.40. The van der Waals surface area contributed by atoms with Gasteiger partial charge in [-0.05, 0) is 47.7 Å². The Kier molecular flexibility index (Phi) is 5.93.